The van der Waals surface area contributed by atoms with Gasteiger partial charge in [0.05, 0.1) is 28.7 Å². The molecule has 27 heavy (non-hydrogen) atoms. The molecule has 0 spiro atoms. The van der Waals surface area contributed by atoms with Gasteiger partial charge in [-0.2, -0.15) is 5.10 Å². The number of Topliss-reactive ketones (excluding diaryl/α,β-unsaturated/α-hetero) is 1. The zero-order valence-corrected chi connectivity index (χ0v) is 16.0. The van der Waals surface area contributed by atoms with Crippen LogP contribution in [0.5, 0.6) is 0 Å². The summed E-state index contributed by atoms with van der Waals surface area (Å²) in [5.41, 5.74) is 4.47. The maximum absolute atomic E-state index is 12.8. The monoisotopic (exact) mass is 361 g/mol. The number of para-hydroxylation sites is 1. The first kappa shape index (κ1) is 18.6. The van der Waals surface area contributed by atoms with Crippen molar-refractivity contribution in [3.63, 3.8) is 0 Å². The molecule has 0 aliphatic carbocycles. The van der Waals surface area contributed by atoms with Gasteiger partial charge in [0.15, 0.2) is 0 Å². The summed E-state index contributed by atoms with van der Waals surface area (Å²) in [5, 5.41) is 7.26. The Morgan fingerprint density at radius 1 is 0.963 bits per heavy atom. The number of ketones is 1. The van der Waals surface area contributed by atoms with Gasteiger partial charge in [-0.05, 0) is 51.0 Å². The Balaban J connectivity index is 1.85. The highest BCUT2D eigenvalue weighted by Gasteiger charge is 2.26. The predicted octanol–water partition coefficient (Wildman–Crippen LogP) is 3.86. The van der Waals surface area contributed by atoms with E-state index in [0.29, 0.717) is 17.0 Å². The number of aromatic nitrogens is 2. The van der Waals surface area contributed by atoms with E-state index in [2.05, 4.69) is 10.4 Å². The molecule has 1 amide bonds. The van der Waals surface area contributed by atoms with Gasteiger partial charge in [-0.25, -0.2) is 4.68 Å². The van der Waals surface area contributed by atoms with Gasteiger partial charge in [0, 0.05) is 0 Å². The summed E-state index contributed by atoms with van der Waals surface area (Å²) < 4.78 is 1.70. The third kappa shape index (κ3) is 3.67. The van der Waals surface area contributed by atoms with Crippen LogP contribution in [0.15, 0.2) is 54.6 Å². The molecule has 0 saturated carbocycles. The van der Waals surface area contributed by atoms with Crippen LogP contribution in [0.25, 0.3) is 5.69 Å². The molecule has 0 saturated heterocycles. The predicted molar refractivity (Wildman–Crippen MR) is 105 cm³/mol. The van der Waals surface area contributed by atoms with Gasteiger partial charge >= 0.3 is 0 Å². The highest BCUT2D eigenvalue weighted by atomic mass is 16.2. The topological polar surface area (TPSA) is 64.0 Å². The van der Waals surface area contributed by atoms with Gasteiger partial charge in [0.1, 0.15) is 0 Å². The Morgan fingerprint density at radius 2 is 1.59 bits per heavy atom. The molecule has 0 fully saturated rings. The number of carbonyl (C=O) groups is 2. The number of aryl methyl sites for hydroxylation is 2. The minimum atomic E-state index is -0.621. The number of amides is 1. The molecule has 0 bridgehead atoms. The summed E-state index contributed by atoms with van der Waals surface area (Å²) in [7, 11) is 0. The smallest absolute Gasteiger partial charge is 0.293 e. The molecule has 1 aromatic heterocycles. The molecule has 3 rings (SSSR count). The first-order valence-electron chi connectivity index (χ1n) is 8.92. The maximum atomic E-state index is 12.8. The fraction of sp³-hybridized carbons (Fsp3) is 0.227. The molecule has 1 heterocycles. The van der Waals surface area contributed by atoms with Crippen LogP contribution in [0.3, 0.4) is 0 Å². The summed E-state index contributed by atoms with van der Waals surface area (Å²) in [4.78, 5) is 25.4. The normalized spacial score (nSPS) is 11.9. The number of hydrogen-bond acceptors (Lipinski definition) is 3. The van der Waals surface area contributed by atoms with E-state index in [9.17, 15) is 9.59 Å². The van der Waals surface area contributed by atoms with Crippen molar-refractivity contribution in [2.75, 3.05) is 0 Å². The van der Waals surface area contributed by atoms with Gasteiger partial charge in [-0.15, -0.1) is 0 Å². The summed E-state index contributed by atoms with van der Waals surface area (Å²) in [6.07, 6.45) is 0. The van der Waals surface area contributed by atoms with E-state index in [4.69, 9.17) is 0 Å². The molecule has 0 unspecified atom stereocenters. The second kappa shape index (κ2) is 7.58. The number of benzene rings is 2. The van der Waals surface area contributed by atoms with Crippen molar-refractivity contribution in [2.24, 2.45) is 0 Å². The van der Waals surface area contributed by atoms with Crippen molar-refractivity contribution >= 4 is 11.7 Å². The summed E-state index contributed by atoms with van der Waals surface area (Å²) in [5.74, 6) is -1.18. The molecule has 138 valence electrons. The molecule has 5 nitrogen and oxygen atoms in total. The van der Waals surface area contributed by atoms with Crippen molar-refractivity contribution in [1.82, 2.24) is 15.1 Å². The van der Waals surface area contributed by atoms with E-state index in [1.165, 1.54) is 0 Å². The summed E-state index contributed by atoms with van der Waals surface area (Å²) in [6.45, 7) is 7.41. The molecule has 0 radical (unpaired) electrons. The number of rotatable bonds is 5. The Morgan fingerprint density at radius 3 is 2.26 bits per heavy atom. The minimum absolute atomic E-state index is 0.257. The summed E-state index contributed by atoms with van der Waals surface area (Å²) in [6, 6.07) is 17.1. The molecular formula is C22H23N3O2. The lowest BCUT2D eigenvalue weighted by Gasteiger charge is -2.16. The summed E-state index contributed by atoms with van der Waals surface area (Å²) >= 11 is 0. The van der Waals surface area contributed by atoms with Crippen LogP contribution in [0.4, 0.5) is 0 Å². The Bertz CT molecular complexity index is 990. The largest absolute Gasteiger partial charge is 0.343 e. The lowest BCUT2D eigenvalue weighted by Crippen LogP contribution is -2.34. The van der Waals surface area contributed by atoms with E-state index >= 15 is 0 Å². The van der Waals surface area contributed by atoms with E-state index < -0.39 is 11.7 Å². The van der Waals surface area contributed by atoms with Gasteiger partial charge in [0.25, 0.3) is 11.7 Å². The highest BCUT2D eigenvalue weighted by Crippen LogP contribution is 2.20. The molecule has 1 atom stereocenters. The molecule has 3 aromatic rings. The lowest BCUT2D eigenvalue weighted by molar-refractivity contribution is -0.117. The van der Waals surface area contributed by atoms with Crippen LogP contribution < -0.4 is 5.32 Å². The average Bonchev–Trinajstić information content (AvgIpc) is 2.96. The van der Waals surface area contributed by atoms with Crippen molar-refractivity contribution in [3.05, 3.63) is 82.7 Å². The van der Waals surface area contributed by atoms with Gasteiger partial charge in [0.2, 0.25) is 0 Å². The Kier molecular flexibility index (Phi) is 5.21. The van der Waals surface area contributed by atoms with Crippen LogP contribution in [0, 0.1) is 20.8 Å². The van der Waals surface area contributed by atoms with E-state index in [0.717, 1.165) is 16.8 Å². The lowest BCUT2D eigenvalue weighted by atomic mass is 10.0. The van der Waals surface area contributed by atoms with Crippen LogP contribution in [-0.2, 0) is 4.79 Å². The van der Waals surface area contributed by atoms with Crippen LogP contribution >= 0.6 is 0 Å². The van der Waals surface area contributed by atoms with Crippen molar-refractivity contribution in [2.45, 2.75) is 33.7 Å². The standard InChI is InChI=1S/C22H23N3O2/c1-14-10-8-9-13-19(14)15(2)23-22(27)21(26)20-16(3)24-25(17(20)4)18-11-6-5-7-12-18/h5-13,15H,1-4H3,(H,23,27)/t15-/m0/s1. The third-order valence-corrected chi connectivity index (χ3v) is 4.73. The number of nitrogens with zero attached hydrogens (tertiary/aromatic N) is 2. The Hall–Kier alpha value is -3.21. The minimum Gasteiger partial charge on any atom is -0.343 e. The highest BCUT2D eigenvalue weighted by molar-refractivity contribution is 6.43. The van der Waals surface area contributed by atoms with Crippen molar-refractivity contribution in [3.8, 4) is 5.69 Å². The number of nitrogens with one attached hydrogen (secondary N) is 1. The molecule has 0 aliphatic heterocycles. The second-order valence-corrected chi connectivity index (χ2v) is 6.67. The van der Waals surface area contributed by atoms with Gasteiger partial charge in [-0.1, -0.05) is 42.5 Å². The third-order valence-electron chi connectivity index (χ3n) is 4.73. The first-order chi connectivity index (χ1) is 12.9. The Labute approximate surface area is 159 Å². The average molecular weight is 361 g/mol. The van der Waals surface area contributed by atoms with Crippen molar-refractivity contribution in [1.29, 1.82) is 0 Å². The van der Waals surface area contributed by atoms with Crippen LogP contribution in [0.2, 0.25) is 0 Å². The van der Waals surface area contributed by atoms with Crippen LogP contribution in [0.1, 0.15) is 45.8 Å². The second-order valence-electron chi connectivity index (χ2n) is 6.67. The van der Waals surface area contributed by atoms with Gasteiger partial charge in [-0.3, -0.25) is 9.59 Å². The fourth-order valence-electron chi connectivity index (χ4n) is 3.32. The molecule has 5 heteroatoms. The van der Waals surface area contributed by atoms with Crippen molar-refractivity contribution < 1.29 is 9.59 Å². The molecular weight excluding hydrogens is 338 g/mol. The maximum Gasteiger partial charge on any atom is 0.293 e. The zero-order valence-electron chi connectivity index (χ0n) is 16.0. The number of hydrogen-bond donors (Lipinski definition) is 1. The molecule has 1 N–H and O–H groups in total. The quantitative estimate of drug-likeness (QED) is 0.554. The number of carbonyl (C=O) groups excluding carboxylic acids is 2. The van der Waals surface area contributed by atoms with E-state index in [-0.39, 0.29) is 6.04 Å². The van der Waals surface area contributed by atoms with Gasteiger partial charge < -0.3 is 5.32 Å². The van der Waals surface area contributed by atoms with Crippen LogP contribution in [-0.4, -0.2) is 21.5 Å². The van der Waals surface area contributed by atoms with E-state index in [1.54, 1.807) is 18.5 Å². The molecule has 0 aliphatic rings. The fourth-order valence-corrected chi connectivity index (χ4v) is 3.32. The SMILES string of the molecule is Cc1ccccc1[C@H](C)NC(=O)C(=O)c1c(C)nn(-c2ccccc2)c1C. The first-order valence-corrected chi connectivity index (χ1v) is 8.92. The zero-order chi connectivity index (χ0) is 19.6. The molecule has 2 aromatic carbocycles. The van der Waals surface area contributed by atoms with E-state index in [1.807, 2.05) is 68.4 Å².